The molecule has 1 aromatic rings. The fourth-order valence-electron chi connectivity index (χ4n) is 1.32. The number of benzene rings is 1. The van der Waals surface area contributed by atoms with Crippen molar-refractivity contribution in [2.45, 2.75) is 13.5 Å². The first-order chi connectivity index (χ1) is 7.27. The van der Waals surface area contributed by atoms with Gasteiger partial charge in [0, 0.05) is 20.1 Å². The number of nitrogens with one attached hydrogen (secondary N) is 1. The second-order valence-electron chi connectivity index (χ2n) is 3.25. The van der Waals surface area contributed by atoms with Crippen LogP contribution in [0.5, 0.6) is 0 Å². The fraction of sp³-hybridized carbons (Fsp3) is 0.364. The molecule has 4 heteroatoms. The lowest BCUT2D eigenvalue weighted by Gasteiger charge is -2.19. The van der Waals surface area contributed by atoms with E-state index in [4.69, 9.17) is 5.21 Å². The molecule has 15 heavy (non-hydrogen) atoms. The average molecular weight is 207 g/mol. The van der Waals surface area contributed by atoms with Crippen LogP contribution in [0.3, 0.4) is 0 Å². The van der Waals surface area contributed by atoms with E-state index in [9.17, 15) is 0 Å². The summed E-state index contributed by atoms with van der Waals surface area (Å²) in [7, 11) is 1.88. The van der Waals surface area contributed by atoms with Crippen LogP contribution in [0.2, 0.25) is 0 Å². The average Bonchev–Trinajstić information content (AvgIpc) is 2.27. The van der Waals surface area contributed by atoms with E-state index in [1.165, 1.54) is 5.56 Å². The minimum atomic E-state index is 0.487. The molecule has 0 unspecified atom stereocenters. The molecule has 0 spiro atoms. The fourth-order valence-corrected chi connectivity index (χ4v) is 1.32. The van der Waals surface area contributed by atoms with Gasteiger partial charge in [-0.3, -0.25) is 10.2 Å². The maximum Gasteiger partial charge on any atom is 0.218 e. The first-order valence-electron chi connectivity index (χ1n) is 4.97. The van der Waals surface area contributed by atoms with Gasteiger partial charge in [0.15, 0.2) is 0 Å². The van der Waals surface area contributed by atoms with Crippen LogP contribution in [-0.2, 0) is 6.54 Å². The highest BCUT2D eigenvalue weighted by Gasteiger charge is 2.04. The maximum atomic E-state index is 8.88. The normalized spacial score (nSPS) is 11.3. The Morgan fingerprint density at radius 2 is 2.07 bits per heavy atom. The molecular formula is C11H17N3O. The lowest BCUT2D eigenvalue weighted by Crippen LogP contribution is -2.36. The molecule has 0 amide bonds. The SMILES string of the molecule is CCN=C(NO)N(C)Cc1ccccc1. The van der Waals surface area contributed by atoms with E-state index in [2.05, 4.69) is 10.5 Å². The molecule has 0 aliphatic carbocycles. The minimum Gasteiger partial charge on any atom is -0.340 e. The molecule has 0 aliphatic rings. The van der Waals surface area contributed by atoms with Crippen LogP contribution in [0, 0.1) is 0 Å². The zero-order valence-electron chi connectivity index (χ0n) is 9.14. The summed E-state index contributed by atoms with van der Waals surface area (Å²) < 4.78 is 0. The lowest BCUT2D eigenvalue weighted by atomic mass is 10.2. The summed E-state index contributed by atoms with van der Waals surface area (Å²) in [5.74, 6) is 0.487. The molecule has 4 nitrogen and oxygen atoms in total. The summed E-state index contributed by atoms with van der Waals surface area (Å²) in [6.07, 6.45) is 0. The van der Waals surface area contributed by atoms with Gasteiger partial charge in [-0.15, -0.1) is 0 Å². The summed E-state index contributed by atoms with van der Waals surface area (Å²) in [5, 5.41) is 8.88. The van der Waals surface area contributed by atoms with Crippen molar-refractivity contribution in [3.63, 3.8) is 0 Å². The van der Waals surface area contributed by atoms with Crippen LogP contribution in [-0.4, -0.2) is 29.7 Å². The van der Waals surface area contributed by atoms with Crippen molar-refractivity contribution < 1.29 is 5.21 Å². The van der Waals surface area contributed by atoms with Crippen molar-refractivity contribution in [2.24, 2.45) is 4.99 Å². The maximum absolute atomic E-state index is 8.88. The van der Waals surface area contributed by atoms with Gasteiger partial charge in [0.05, 0.1) is 0 Å². The predicted octanol–water partition coefficient (Wildman–Crippen LogP) is 1.47. The van der Waals surface area contributed by atoms with Gasteiger partial charge < -0.3 is 4.90 Å². The van der Waals surface area contributed by atoms with E-state index in [0.29, 0.717) is 19.0 Å². The molecule has 0 heterocycles. The van der Waals surface area contributed by atoms with Crippen molar-refractivity contribution in [1.82, 2.24) is 10.4 Å². The van der Waals surface area contributed by atoms with Crippen LogP contribution < -0.4 is 5.48 Å². The van der Waals surface area contributed by atoms with Crippen molar-refractivity contribution in [2.75, 3.05) is 13.6 Å². The summed E-state index contributed by atoms with van der Waals surface area (Å²) in [6, 6.07) is 10.0. The number of nitrogens with zero attached hydrogens (tertiary/aromatic N) is 2. The minimum absolute atomic E-state index is 0.487. The van der Waals surface area contributed by atoms with Gasteiger partial charge in [-0.25, -0.2) is 5.48 Å². The molecule has 0 aromatic heterocycles. The van der Waals surface area contributed by atoms with Crippen LogP contribution in [0.15, 0.2) is 35.3 Å². The Labute approximate surface area is 90.2 Å². The zero-order valence-corrected chi connectivity index (χ0v) is 9.14. The van der Waals surface area contributed by atoms with Crippen molar-refractivity contribution >= 4 is 5.96 Å². The number of aliphatic imine (C=N–C) groups is 1. The van der Waals surface area contributed by atoms with Gasteiger partial charge in [0.2, 0.25) is 5.96 Å². The number of hydrogen-bond acceptors (Lipinski definition) is 2. The highest BCUT2D eigenvalue weighted by molar-refractivity contribution is 5.78. The Morgan fingerprint density at radius 1 is 1.40 bits per heavy atom. The first kappa shape index (κ1) is 11.5. The Bertz CT molecular complexity index is 311. The van der Waals surface area contributed by atoms with Crippen LogP contribution in [0.4, 0.5) is 0 Å². The van der Waals surface area contributed by atoms with Crippen molar-refractivity contribution in [1.29, 1.82) is 0 Å². The third kappa shape index (κ3) is 3.59. The van der Waals surface area contributed by atoms with E-state index in [1.807, 2.05) is 49.2 Å². The summed E-state index contributed by atoms with van der Waals surface area (Å²) in [5.41, 5.74) is 3.28. The van der Waals surface area contributed by atoms with Crippen molar-refractivity contribution in [3.05, 3.63) is 35.9 Å². The Kier molecular flexibility index (Phi) is 4.63. The zero-order chi connectivity index (χ0) is 11.1. The molecule has 0 aliphatic heterocycles. The van der Waals surface area contributed by atoms with Crippen molar-refractivity contribution in [3.8, 4) is 0 Å². The van der Waals surface area contributed by atoms with Gasteiger partial charge in [-0.05, 0) is 12.5 Å². The second kappa shape index (κ2) is 6.03. The Balaban J connectivity index is 2.62. The highest BCUT2D eigenvalue weighted by Crippen LogP contribution is 2.02. The van der Waals surface area contributed by atoms with Crippen LogP contribution in [0.25, 0.3) is 0 Å². The summed E-state index contributed by atoms with van der Waals surface area (Å²) in [6.45, 7) is 3.28. The number of hydroxylamine groups is 1. The quantitative estimate of drug-likeness (QED) is 0.448. The topological polar surface area (TPSA) is 47.9 Å². The van der Waals surface area contributed by atoms with Gasteiger partial charge >= 0.3 is 0 Å². The molecule has 1 rings (SSSR count). The summed E-state index contributed by atoms with van der Waals surface area (Å²) >= 11 is 0. The van der Waals surface area contributed by atoms with Gasteiger partial charge in [-0.1, -0.05) is 30.3 Å². The third-order valence-corrected chi connectivity index (χ3v) is 2.03. The molecule has 0 atom stereocenters. The lowest BCUT2D eigenvalue weighted by molar-refractivity contribution is 0.213. The predicted molar refractivity (Wildman–Crippen MR) is 60.8 cm³/mol. The van der Waals surface area contributed by atoms with Gasteiger partial charge in [0.1, 0.15) is 0 Å². The second-order valence-corrected chi connectivity index (χ2v) is 3.25. The van der Waals surface area contributed by atoms with E-state index >= 15 is 0 Å². The highest BCUT2D eigenvalue weighted by atomic mass is 16.5. The molecular weight excluding hydrogens is 190 g/mol. The van der Waals surface area contributed by atoms with E-state index in [1.54, 1.807) is 0 Å². The van der Waals surface area contributed by atoms with Gasteiger partial charge in [-0.2, -0.15) is 0 Å². The van der Waals surface area contributed by atoms with E-state index < -0.39 is 0 Å². The molecule has 0 saturated carbocycles. The number of rotatable bonds is 3. The smallest absolute Gasteiger partial charge is 0.218 e. The molecule has 0 saturated heterocycles. The van der Waals surface area contributed by atoms with Crippen LogP contribution >= 0.6 is 0 Å². The number of guanidine groups is 1. The summed E-state index contributed by atoms with van der Waals surface area (Å²) in [4.78, 5) is 5.98. The first-order valence-corrected chi connectivity index (χ1v) is 4.97. The van der Waals surface area contributed by atoms with Crippen LogP contribution in [0.1, 0.15) is 12.5 Å². The molecule has 0 radical (unpaired) electrons. The molecule has 82 valence electrons. The van der Waals surface area contributed by atoms with E-state index in [0.717, 1.165) is 0 Å². The Hall–Kier alpha value is -1.55. The standard InChI is InChI=1S/C11H17N3O/c1-3-12-11(13-15)14(2)9-10-7-5-4-6-8-10/h4-8,15H,3,9H2,1-2H3,(H,12,13). The molecule has 2 N–H and O–H groups in total. The molecule has 0 bridgehead atoms. The molecule has 1 aromatic carbocycles. The van der Waals surface area contributed by atoms with E-state index in [-0.39, 0.29) is 0 Å². The number of hydrogen-bond donors (Lipinski definition) is 2. The molecule has 0 fully saturated rings. The Morgan fingerprint density at radius 3 is 2.60 bits per heavy atom. The largest absolute Gasteiger partial charge is 0.340 e. The third-order valence-electron chi connectivity index (χ3n) is 2.03. The monoisotopic (exact) mass is 207 g/mol. The van der Waals surface area contributed by atoms with Gasteiger partial charge in [0.25, 0.3) is 0 Å².